The molecule has 0 bridgehead atoms. The lowest BCUT2D eigenvalue weighted by atomic mass is 10.1. The van der Waals surface area contributed by atoms with Crippen molar-refractivity contribution in [2.75, 3.05) is 33.8 Å². The van der Waals surface area contributed by atoms with Crippen molar-refractivity contribution in [2.45, 2.75) is 25.7 Å². The molecule has 3 aromatic carbocycles. The van der Waals surface area contributed by atoms with Gasteiger partial charge in [0, 0.05) is 11.4 Å². The topological polar surface area (TPSA) is 122 Å². The Balaban J connectivity index is 1.69. The zero-order valence-corrected chi connectivity index (χ0v) is 22.1. The third kappa shape index (κ3) is 6.98. The second-order valence-electron chi connectivity index (χ2n) is 8.17. The molecule has 0 aromatic heterocycles. The second kappa shape index (κ2) is 11.0. The van der Waals surface area contributed by atoms with E-state index in [1.165, 1.54) is 24.3 Å². The van der Waals surface area contributed by atoms with E-state index in [-0.39, 0.29) is 4.90 Å². The smallest absolute Gasteiger partial charge is 0.261 e. The van der Waals surface area contributed by atoms with E-state index < -0.39 is 32.5 Å². The van der Waals surface area contributed by atoms with Crippen LogP contribution in [0.25, 0.3) is 0 Å². The molecule has 0 unspecified atom stereocenters. The molecule has 2 N–H and O–H groups in total. The van der Waals surface area contributed by atoms with Crippen LogP contribution in [0.5, 0.6) is 5.75 Å². The number of nitrogens with one attached hydrogen (secondary N) is 2. The Labute approximate surface area is 212 Å². The van der Waals surface area contributed by atoms with Crippen LogP contribution < -0.4 is 19.1 Å². The lowest BCUT2D eigenvalue weighted by Gasteiger charge is -2.22. The minimum atomic E-state index is -3.83. The molecule has 0 fully saturated rings. The summed E-state index contributed by atoms with van der Waals surface area (Å²) in [6.07, 6.45) is 1.01. The summed E-state index contributed by atoms with van der Waals surface area (Å²) in [4.78, 5) is 12.6. The molecule has 11 heteroatoms. The number of amides is 1. The van der Waals surface area contributed by atoms with E-state index >= 15 is 0 Å². The Bertz CT molecular complexity index is 1440. The molecule has 9 nitrogen and oxygen atoms in total. The number of anilines is 3. The molecule has 1 amide bonds. The molecule has 0 heterocycles. The highest BCUT2D eigenvalue weighted by Gasteiger charge is 2.21. The van der Waals surface area contributed by atoms with Gasteiger partial charge in [0.15, 0.2) is 0 Å². The Morgan fingerprint density at radius 3 is 2.03 bits per heavy atom. The summed E-state index contributed by atoms with van der Waals surface area (Å²) in [5, 5.41) is 2.60. The van der Waals surface area contributed by atoms with Crippen LogP contribution >= 0.6 is 0 Å². The zero-order valence-electron chi connectivity index (χ0n) is 20.5. The van der Waals surface area contributed by atoms with Crippen LogP contribution in [0.2, 0.25) is 0 Å². The minimum Gasteiger partial charge on any atom is -0.494 e. The standard InChI is InChI=1S/C25H29N3O6S2/c1-5-34-23-12-10-22(11-13-23)28(35(4,30)31)17-25(29)26-20-8-14-24(15-9-20)36(32,33)27-21-7-6-18(2)19(3)16-21/h6-16,27H,5,17H2,1-4H3,(H,26,29). The van der Waals surface area contributed by atoms with E-state index in [4.69, 9.17) is 4.74 Å². The Kier molecular flexibility index (Phi) is 8.26. The van der Waals surface area contributed by atoms with Gasteiger partial charge in [0.2, 0.25) is 15.9 Å². The van der Waals surface area contributed by atoms with Crippen molar-refractivity contribution in [3.05, 3.63) is 77.9 Å². The molecular weight excluding hydrogens is 502 g/mol. The van der Waals surface area contributed by atoms with Gasteiger partial charge in [-0.05, 0) is 92.6 Å². The van der Waals surface area contributed by atoms with E-state index in [0.29, 0.717) is 29.4 Å². The van der Waals surface area contributed by atoms with Gasteiger partial charge in [0.1, 0.15) is 12.3 Å². The van der Waals surface area contributed by atoms with Crippen LogP contribution in [0, 0.1) is 13.8 Å². The number of ether oxygens (including phenoxy) is 1. The summed E-state index contributed by atoms with van der Waals surface area (Å²) >= 11 is 0. The van der Waals surface area contributed by atoms with E-state index in [1.54, 1.807) is 36.4 Å². The molecule has 36 heavy (non-hydrogen) atoms. The highest BCUT2D eigenvalue weighted by atomic mass is 32.2. The van der Waals surface area contributed by atoms with Crippen LogP contribution in [-0.4, -0.2) is 42.2 Å². The van der Waals surface area contributed by atoms with E-state index in [1.807, 2.05) is 26.8 Å². The molecule has 0 aliphatic rings. The maximum Gasteiger partial charge on any atom is 0.261 e. The average Bonchev–Trinajstić information content (AvgIpc) is 2.80. The molecule has 3 rings (SSSR count). The van der Waals surface area contributed by atoms with Crippen LogP contribution in [0.15, 0.2) is 71.6 Å². The number of carbonyl (C=O) groups excluding carboxylic acids is 1. The highest BCUT2D eigenvalue weighted by molar-refractivity contribution is 7.92. The number of nitrogens with zero attached hydrogens (tertiary/aromatic N) is 1. The quantitative estimate of drug-likeness (QED) is 0.409. The van der Waals surface area contributed by atoms with E-state index in [9.17, 15) is 21.6 Å². The van der Waals surface area contributed by atoms with Crippen molar-refractivity contribution >= 4 is 43.0 Å². The largest absolute Gasteiger partial charge is 0.494 e. The number of benzene rings is 3. The molecule has 0 saturated carbocycles. The van der Waals surface area contributed by atoms with Gasteiger partial charge in [0.05, 0.1) is 23.4 Å². The van der Waals surface area contributed by atoms with Gasteiger partial charge in [0.25, 0.3) is 10.0 Å². The summed E-state index contributed by atoms with van der Waals surface area (Å²) < 4.78 is 59.0. The third-order valence-corrected chi connectivity index (χ3v) is 7.87. The Morgan fingerprint density at radius 2 is 1.47 bits per heavy atom. The molecule has 0 aliphatic carbocycles. The number of sulfonamides is 2. The van der Waals surface area contributed by atoms with Gasteiger partial charge in [-0.3, -0.25) is 13.8 Å². The van der Waals surface area contributed by atoms with Crippen molar-refractivity contribution in [1.29, 1.82) is 0 Å². The van der Waals surface area contributed by atoms with Crippen molar-refractivity contribution in [1.82, 2.24) is 0 Å². The van der Waals surface area contributed by atoms with Gasteiger partial charge >= 0.3 is 0 Å². The van der Waals surface area contributed by atoms with E-state index in [0.717, 1.165) is 21.7 Å². The van der Waals surface area contributed by atoms with Gasteiger partial charge < -0.3 is 10.1 Å². The van der Waals surface area contributed by atoms with Crippen molar-refractivity contribution in [3.63, 3.8) is 0 Å². The predicted octanol–water partition coefficient (Wildman–Crippen LogP) is 3.91. The highest BCUT2D eigenvalue weighted by Crippen LogP contribution is 2.23. The predicted molar refractivity (Wildman–Crippen MR) is 142 cm³/mol. The summed E-state index contributed by atoms with van der Waals surface area (Å²) in [7, 11) is -7.58. The molecule has 3 aromatic rings. The van der Waals surface area contributed by atoms with Gasteiger partial charge in [-0.25, -0.2) is 16.8 Å². The lowest BCUT2D eigenvalue weighted by Crippen LogP contribution is -2.37. The van der Waals surface area contributed by atoms with Crippen molar-refractivity contribution in [2.24, 2.45) is 0 Å². The van der Waals surface area contributed by atoms with Crippen molar-refractivity contribution in [3.8, 4) is 5.75 Å². The zero-order chi connectivity index (χ0) is 26.5. The summed E-state index contributed by atoms with van der Waals surface area (Å²) in [5.41, 5.74) is 3.10. The fraction of sp³-hybridized carbons (Fsp3) is 0.240. The first-order chi connectivity index (χ1) is 16.9. The maximum absolute atomic E-state index is 12.7. The molecule has 0 radical (unpaired) electrons. The van der Waals surface area contributed by atoms with Crippen LogP contribution in [0.1, 0.15) is 18.1 Å². The first-order valence-electron chi connectivity index (χ1n) is 11.1. The monoisotopic (exact) mass is 531 g/mol. The first kappa shape index (κ1) is 27.0. The van der Waals surface area contributed by atoms with Crippen LogP contribution in [0.3, 0.4) is 0 Å². The number of hydrogen-bond acceptors (Lipinski definition) is 6. The van der Waals surface area contributed by atoms with Gasteiger partial charge in [-0.2, -0.15) is 0 Å². The maximum atomic E-state index is 12.7. The number of rotatable bonds is 10. The second-order valence-corrected chi connectivity index (χ2v) is 11.8. The summed E-state index contributed by atoms with van der Waals surface area (Å²) in [5.74, 6) is -0.000584. The molecule has 0 atom stereocenters. The summed E-state index contributed by atoms with van der Waals surface area (Å²) in [6, 6.07) is 17.2. The summed E-state index contributed by atoms with van der Waals surface area (Å²) in [6.45, 7) is 5.68. The molecule has 192 valence electrons. The SMILES string of the molecule is CCOc1ccc(N(CC(=O)Nc2ccc(S(=O)(=O)Nc3ccc(C)c(C)c3)cc2)S(C)(=O)=O)cc1. The number of carbonyl (C=O) groups is 1. The lowest BCUT2D eigenvalue weighted by molar-refractivity contribution is -0.114. The van der Waals surface area contributed by atoms with Crippen LogP contribution in [0.4, 0.5) is 17.1 Å². The molecular formula is C25H29N3O6S2. The molecule has 0 saturated heterocycles. The Hall–Kier alpha value is -3.57. The first-order valence-corrected chi connectivity index (χ1v) is 14.4. The van der Waals surface area contributed by atoms with Gasteiger partial charge in [-0.1, -0.05) is 6.07 Å². The Morgan fingerprint density at radius 1 is 0.861 bits per heavy atom. The average molecular weight is 532 g/mol. The normalized spacial score (nSPS) is 11.6. The third-order valence-electron chi connectivity index (χ3n) is 5.33. The number of hydrogen-bond donors (Lipinski definition) is 2. The van der Waals surface area contributed by atoms with Gasteiger partial charge in [-0.15, -0.1) is 0 Å². The fourth-order valence-corrected chi connectivity index (χ4v) is 5.25. The molecule has 0 spiro atoms. The minimum absolute atomic E-state index is 0.0193. The molecule has 0 aliphatic heterocycles. The van der Waals surface area contributed by atoms with E-state index in [2.05, 4.69) is 10.0 Å². The van der Waals surface area contributed by atoms with Crippen LogP contribution in [-0.2, 0) is 24.8 Å². The number of aryl methyl sites for hydroxylation is 2. The fourth-order valence-electron chi connectivity index (χ4n) is 3.34. The van der Waals surface area contributed by atoms with Crippen molar-refractivity contribution < 1.29 is 26.4 Å².